The number of hydrogen-bond acceptors (Lipinski definition) is 5. The number of ether oxygens (including phenoxy) is 1. The van der Waals surface area contributed by atoms with Crippen molar-refractivity contribution in [3.8, 4) is 11.4 Å². The van der Waals surface area contributed by atoms with Crippen LogP contribution in [0.3, 0.4) is 0 Å². The van der Waals surface area contributed by atoms with Crippen LogP contribution >= 0.6 is 11.6 Å². The Bertz CT molecular complexity index is 1500. The summed E-state index contributed by atoms with van der Waals surface area (Å²) in [5.74, 6) is 0.109. The summed E-state index contributed by atoms with van der Waals surface area (Å²) in [6.07, 6.45) is -4.52. The van der Waals surface area contributed by atoms with Gasteiger partial charge >= 0.3 is 11.9 Å². The standard InChI is InChI=1S/C25H20ClF3N4O3/c1-32(2)23-20-10-9-16(26)12-21(20)33(24(35)31-23)18-7-4-8-19(13-18)36-14-22(34)30-17-6-3-5-15(11-17)25(27,28)29/h3-13H,14H2,1-2H3,(H,30,34). The van der Waals surface area contributed by atoms with Gasteiger partial charge in [0.1, 0.15) is 11.6 Å². The number of anilines is 2. The highest BCUT2D eigenvalue weighted by atomic mass is 35.5. The molecule has 1 N–H and O–H groups in total. The van der Waals surface area contributed by atoms with Gasteiger partial charge in [-0.05, 0) is 48.5 Å². The predicted octanol–water partition coefficient (Wildman–Crippen LogP) is 5.14. The van der Waals surface area contributed by atoms with Crippen LogP contribution in [0.15, 0.2) is 71.5 Å². The van der Waals surface area contributed by atoms with Crippen molar-refractivity contribution in [3.63, 3.8) is 0 Å². The number of carbonyl (C=O) groups excluding carboxylic acids is 1. The molecule has 4 aromatic rings. The van der Waals surface area contributed by atoms with Crippen molar-refractivity contribution < 1.29 is 22.7 Å². The van der Waals surface area contributed by atoms with E-state index < -0.39 is 29.9 Å². The molecule has 1 heterocycles. The maximum atomic E-state index is 12.9. The lowest BCUT2D eigenvalue weighted by atomic mass is 10.2. The van der Waals surface area contributed by atoms with E-state index in [0.29, 0.717) is 27.4 Å². The number of carbonyl (C=O) groups is 1. The Morgan fingerprint density at radius 2 is 1.83 bits per heavy atom. The van der Waals surface area contributed by atoms with Crippen LogP contribution in [0.2, 0.25) is 5.02 Å². The van der Waals surface area contributed by atoms with E-state index in [9.17, 15) is 22.8 Å². The van der Waals surface area contributed by atoms with Gasteiger partial charge < -0.3 is 15.0 Å². The summed E-state index contributed by atoms with van der Waals surface area (Å²) < 4.78 is 45.6. The Kier molecular flexibility index (Phi) is 6.89. The van der Waals surface area contributed by atoms with E-state index >= 15 is 0 Å². The van der Waals surface area contributed by atoms with Gasteiger partial charge in [-0.15, -0.1) is 0 Å². The summed E-state index contributed by atoms with van der Waals surface area (Å²) in [5, 5.41) is 3.52. The number of aromatic nitrogens is 2. The molecule has 0 aliphatic heterocycles. The monoisotopic (exact) mass is 516 g/mol. The van der Waals surface area contributed by atoms with Crippen LogP contribution in [-0.4, -0.2) is 36.2 Å². The van der Waals surface area contributed by atoms with Gasteiger partial charge in [-0.25, -0.2) is 4.79 Å². The third-order valence-corrected chi connectivity index (χ3v) is 5.41. The number of halogens is 4. The van der Waals surface area contributed by atoms with Crippen molar-refractivity contribution in [1.29, 1.82) is 0 Å². The van der Waals surface area contributed by atoms with Crippen LogP contribution < -0.4 is 20.6 Å². The van der Waals surface area contributed by atoms with Gasteiger partial charge in [0.05, 0.1) is 16.8 Å². The SMILES string of the molecule is CN(C)c1nc(=O)n(-c2cccc(OCC(=O)Nc3cccc(C(F)(F)F)c3)c2)c2cc(Cl)ccc12. The van der Waals surface area contributed by atoms with Crippen LogP contribution in [0.5, 0.6) is 5.75 Å². The maximum Gasteiger partial charge on any atom is 0.416 e. The average molecular weight is 517 g/mol. The lowest BCUT2D eigenvalue weighted by Crippen LogP contribution is -2.26. The number of rotatable bonds is 6. The lowest BCUT2D eigenvalue weighted by molar-refractivity contribution is -0.137. The van der Waals surface area contributed by atoms with Crippen LogP contribution in [0.4, 0.5) is 24.7 Å². The second-order valence-electron chi connectivity index (χ2n) is 8.02. The summed E-state index contributed by atoms with van der Waals surface area (Å²) in [6.45, 7) is -0.459. The molecule has 0 bridgehead atoms. The number of fused-ring (bicyclic) bond motifs is 1. The molecule has 0 saturated carbocycles. The quantitative estimate of drug-likeness (QED) is 0.384. The molecule has 0 fully saturated rings. The molecule has 4 rings (SSSR count). The Balaban J connectivity index is 1.57. The minimum Gasteiger partial charge on any atom is -0.484 e. The van der Waals surface area contributed by atoms with E-state index in [-0.39, 0.29) is 11.4 Å². The molecule has 1 aromatic heterocycles. The Hall–Kier alpha value is -4.05. The van der Waals surface area contributed by atoms with Crippen molar-refractivity contribution in [2.45, 2.75) is 6.18 Å². The van der Waals surface area contributed by atoms with Gasteiger partial charge in [-0.3, -0.25) is 9.36 Å². The largest absolute Gasteiger partial charge is 0.484 e. The highest BCUT2D eigenvalue weighted by molar-refractivity contribution is 6.31. The molecule has 0 atom stereocenters. The lowest BCUT2D eigenvalue weighted by Gasteiger charge is -2.17. The second-order valence-corrected chi connectivity index (χ2v) is 8.46. The molecule has 0 aliphatic rings. The first-order valence-electron chi connectivity index (χ1n) is 10.6. The normalized spacial score (nSPS) is 11.4. The molecule has 3 aromatic carbocycles. The van der Waals surface area contributed by atoms with E-state index in [4.69, 9.17) is 16.3 Å². The summed E-state index contributed by atoms with van der Waals surface area (Å²) in [6, 6.07) is 15.9. The Morgan fingerprint density at radius 1 is 1.08 bits per heavy atom. The van der Waals surface area contributed by atoms with Crippen LogP contribution in [0.25, 0.3) is 16.6 Å². The van der Waals surface area contributed by atoms with Crippen molar-refractivity contribution in [3.05, 3.63) is 87.8 Å². The highest BCUT2D eigenvalue weighted by Crippen LogP contribution is 2.31. The topological polar surface area (TPSA) is 76.5 Å². The number of nitrogens with zero attached hydrogens (tertiary/aromatic N) is 3. The first kappa shape index (κ1) is 25.1. The molecule has 0 aliphatic carbocycles. The Morgan fingerprint density at radius 3 is 2.56 bits per heavy atom. The molecule has 0 spiro atoms. The first-order valence-corrected chi connectivity index (χ1v) is 11.0. The molecule has 7 nitrogen and oxygen atoms in total. The molecular formula is C25H20ClF3N4O3. The fourth-order valence-electron chi connectivity index (χ4n) is 3.60. The second kappa shape index (κ2) is 9.90. The van der Waals surface area contributed by atoms with E-state index in [1.807, 2.05) is 0 Å². The van der Waals surface area contributed by atoms with Gasteiger partial charge in [-0.2, -0.15) is 18.2 Å². The van der Waals surface area contributed by atoms with E-state index in [0.717, 1.165) is 12.1 Å². The summed E-state index contributed by atoms with van der Waals surface area (Å²) in [7, 11) is 3.55. The molecule has 186 valence electrons. The molecule has 0 radical (unpaired) electrons. The fraction of sp³-hybridized carbons (Fsp3) is 0.160. The minimum absolute atomic E-state index is 0.00543. The first-order chi connectivity index (χ1) is 17.0. The number of hydrogen-bond donors (Lipinski definition) is 1. The molecule has 0 unspecified atom stereocenters. The Labute approximate surface area is 208 Å². The predicted molar refractivity (Wildman–Crippen MR) is 132 cm³/mol. The summed E-state index contributed by atoms with van der Waals surface area (Å²) in [4.78, 5) is 31.1. The number of nitrogens with one attached hydrogen (secondary N) is 1. The third kappa shape index (κ3) is 5.44. The van der Waals surface area contributed by atoms with Gasteiger partial charge in [0, 0.05) is 36.3 Å². The van der Waals surface area contributed by atoms with Gasteiger partial charge in [0.15, 0.2) is 6.61 Å². The maximum absolute atomic E-state index is 12.9. The third-order valence-electron chi connectivity index (χ3n) is 5.18. The van der Waals surface area contributed by atoms with Crippen LogP contribution in [0, 0.1) is 0 Å². The molecule has 0 saturated heterocycles. The highest BCUT2D eigenvalue weighted by Gasteiger charge is 2.30. The number of alkyl halides is 3. The van der Waals surface area contributed by atoms with Gasteiger partial charge in [-0.1, -0.05) is 23.7 Å². The molecule has 11 heteroatoms. The number of amides is 1. The molecule has 1 amide bonds. The van der Waals surface area contributed by atoms with Crippen LogP contribution in [-0.2, 0) is 11.0 Å². The van der Waals surface area contributed by atoms with Crippen molar-refractivity contribution in [2.75, 3.05) is 30.9 Å². The molecule has 36 heavy (non-hydrogen) atoms. The fourth-order valence-corrected chi connectivity index (χ4v) is 3.77. The van der Waals surface area contributed by atoms with Crippen molar-refractivity contribution in [1.82, 2.24) is 9.55 Å². The molecular weight excluding hydrogens is 497 g/mol. The van der Waals surface area contributed by atoms with Crippen molar-refractivity contribution in [2.24, 2.45) is 0 Å². The van der Waals surface area contributed by atoms with Crippen molar-refractivity contribution >= 4 is 39.9 Å². The van der Waals surface area contributed by atoms with Gasteiger partial charge in [0.25, 0.3) is 5.91 Å². The summed E-state index contributed by atoms with van der Waals surface area (Å²) >= 11 is 6.20. The van der Waals surface area contributed by atoms with E-state index in [1.54, 1.807) is 61.5 Å². The zero-order chi connectivity index (χ0) is 26.0. The minimum atomic E-state index is -4.52. The van der Waals surface area contributed by atoms with Crippen LogP contribution in [0.1, 0.15) is 5.56 Å². The number of benzene rings is 3. The zero-order valence-electron chi connectivity index (χ0n) is 19.1. The van der Waals surface area contributed by atoms with Gasteiger partial charge in [0.2, 0.25) is 0 Å². The summed E-state index contributed by atoms with van der Waals surface area (Å²) in [5.41, 5.74) is -0.450. The smallest absolute Gasteiger partial charge is 0.416 e. The average Bonchev–Trinajstić information content (AvgIpc) is 2.82. The van der Waals surface area contributed by atoms with E-state index in [2.05, 4.69) is 10.3 Å². The van der Waals surface area contributed by atoms with E-state index in [1.165, 1.54) is 16.7 Å². The zero-order valence-corrected chi connectivity index (χ0v) is 19.9.